The Labute approximate surface area is 166 Å². The Balaban J connectivity index is 1.43. The van der Waals surface area contributed by atoms with E-state index in [2.05, 4.69) is 5.32 Å². The molecule has 0 aromatic heterocycles. The molecule has 3 rings (SSSR count). The molecule has 0 saturated carbocycles. The number of nitrogens with one attached hydrogen (secondary N) is 1. The Morgan fingerprint density at radius 1 is 1.18 bits per heavy atom. The van der Waals surface area contributed by atoms with Gasteiger partial charge in [0.2, 0.25) is 5.91 Å². The van der Waals surface area contributed by atoms with Gasteiger partial charge in [-0.05, 0) is 50.2 Å². The standard InChI is InChI=1S/C22H28N2O4/c1-16-6-4-5-7-19(16)26-11-10-24(3)15-22(25)23-17(2)18-8-9-20-21(14-18)28-13-12-27-20/h4-9,14,17H,10-13,15H2,1-3H3,(H,23,25). The first-order valence-corrected chi connectivity index (χ1v) is 9.59. The summed E-state index contributed by atoms with van der Waals surface area (Å²) in [4.78, 5) is 14.3. The largest absolute Gasteiger partial charge is 0.492 e. The summed E-state index contributed by atoms with van der Waals surface area (Å²) in [6.07, 6.45) is 0. The molecule has 1 N–H and O–H groups in total. The number of hydrogen-bond donors (Lipinski definition) is 1. The van der Waals surface area contributed by atoms with E-state index in [1.54, 1.807) is 0 Å². The van der Waals surface area contributed by atoms with Crippen molar-refractivity contribution in [2.45, 2.75) is 19.9 Å². The molecule has 1 atom stereocenters. The lowest BCUT2D eigenvalue weighted by Gasteiger charge is -2.22. The third-order valence-electron chi connectivity index (χ3n) is 4.68. The number of amides is 1. The summed E-state index contributed by atoms with van der Waals surface area (Å²) in [7, 11) is 1.91. The summed E-state index contributed by atoms with van der Waals surface area (Å²) in [5, 5.41) is 3.03. The van der Waals surface area contributed by atoms with E-state index in [1.165, 1.54) is 0 Å². The van der Waals surface area contributed by atoms with Crippen molar-refractivity contribution in [2.24, 2.45) is 0 Å². The SMILES string of the molecule is Cc1ccccc1OCCN(C)CC(=O)NC(C)c1ccc2c(c1)OCCO2. The fraction of sp³-hybridized carbons (Fsp3) is 0.409. The summed E-state index contributed by atoms with van der Waals surface area (Å²) >= 11 is 0. The molecule has 1 heterocycles. The number of carbonyl (C=O) groups excluding carboxylic acids is 1. The zero-order chi connectivity index (χ0) is 19.9. The third-order valence-corrected chi connectivity index (χ3v) is 4.68. The van der Waals surface area contributed by atoms with Crippen LogP contribution in [0.25, 0.3) is 0 Å². The van der Waals surface area contributed by atoms with Crippen LogP contribution < -0.4 is 19.5 Å². The van der Waals surface area contributed by atoms with Crippen LogP contribution in [0.15, 0.2) is 42.5 Å². The number of carbonyl (C=O) groups is 1. The Kier molecular flexibility index (Phi) is 6.76. The van der Waals surface area contributed by atoms with E-state index in [0.29, 0.717) is 32.9 Å². The zero-order valence-corrected chi connectivity index (χ0v) is 16.7. The maximum Gasteiger partial charge on any atom is 0.234 e. The summed E-state index contributed by atoms with van der Waals surface area (Å²) < 4.78 is 16.9. The molecule has 0 spiro atoms. The molecule has 6 nitrogen and oxygen atoms in total. The van der Waals surface area contributed by atoms with Gasteiger partial charge in [0.05, 0.1) is 12.6 Å². The Morgan fingerprint density at radius 3 is 2.71 bits per heavy atom. The maximum atomic E-state index is 12.4. The summed E-state index contributed by atoms with van der Waals surface area (Å²) in [6, 6.07) is 13.6. The molecule has 6 heteroatoms. The molecule has 0 aliphatic carbocycles. The second kappa shape index (κ2) is 9.46. The number of rotatable bonds is 8. The lowest BCUT2D eigenvalue weighted by Crippen LogP contribution is -2.38. The van der Waals surface area contributed by atoms with Crippen molar-refractivity contribution in [3.8, 4) is 17.2 Å². The first kappa shape index (κ1) is 20.0. The first-order valence-electron chi connectivity index (χ1n) is 9.59. The molecule has 2 aromatic rings. The topological polar surface area (TPSA) is 60.0 Å². The molecule has 0 saturated heterocycles. The molecule has 1 aliphatic heterocycles. The maximum absolute atomic E-state index is 12.4. The molecule has 28 heavy (non-hydrogen) atoms. The highest BCUT2D eigenvalue weighted by Crippen LogP contribution is 2.32. The van der Waals surface area contributed by atoms with Crippen molar-refractivity contribution < 1.29 is 19.0 Å². The van der Waals surface area contributed by atoms with E-state index in [4.69, 9.17) is 14.2 Å². The van der Waals surface area contributed by atoms with Gasteiger partial charge in [0, 0.05) is 6.54 Å². The van der Waals surface area contributed by atoms with Gasteiger partial charge in [-0.15, -0.1) is 0 Å². The second-order valence-electron chi connectivity index (χ2n) is 7.04. The quantitative estimate of drug-likeness (QED) is 0.758. The summed E-state index contributed by atoms with van der Waals surface area (Å²) in [5.41, 5.74) is 2.10. The number of likely N-dealkylation sites (N-methyl/N-ethyl adjacent to an activating group) is 1. The van der Waals surface area contributed by atoms with Gasteiger partial charge in [-0.1, -0.05) is 24.3 Å². The molecular weight excluding hydrogens is 356 g/mol. The predicted molar refractivity (Wildman–Crippen MR) is 108 cm³/mol. The molecular formula is C22H28N2O4. The van der Waals surface area contributed by atoms with Crippen LogP contribution >= 0.6 is 0 Å². The minimum absolute atomic E-state index is 0.0271. The van der Waals surface area contributed by atoms with Crippen LogP contribution in [-0.4, -0.2) is 50.8 Å². The molecule has 0 radical (unpaired) electrons. The van der Waals surface area contributed by atoms with Crippen molar-refractivity contribution in [3.63, 3.8) is 0 Å². The van der Waals surface area contributed by atoms with Gasteiger partial charge in [0.1, 0.15) is 25.6 Å². The smallest absolute Gasteiger partial charge is 0.234 e. The van der Waals surface area contributed by atoms with Gasteiger partial charge in [-0.25, -0.2) is 0 Å². The third kappa shape index (κ3) is 5.39. The second-order valence-corrected chi connectivity index (χ2v) is 7.04. The molecule has 1 unspecified atom stereocenters. The van der Waals surface area contributed by atoms with E-state index < -0.39 is 0 Å². The van der Waals surface area contributed by atoms with Crippen LogP contribution in [0.2, 0.25) is 0 Å². The highest BCUT2D eigenvalue weighted by molar-refractivity contribution is 5.78. The normalized spacial score (nSPS) is 13.9. The molecule has 2 aromatic carbocycles. The lowest BCUT2D eigenvalue weighted by atomic mass is 10.1. The van der Waals surface area contributed by atoms with E-state index in [1.807, 2.05) is 68.3 Å². The zero-order valence-electron chi connectivity index (χ0n) is 16.7. The van der Waals surface area contributed by atoms with Crippen molar-refractivity contribution in [1.29, 1.82) is 0 Å². The van der Waals surface area contributed by atoms with Crippen molar-refractivity contribution in [2.75, 3.05) is 40.0 Å². The summed E-state index contributed by atoms with van der Waals surface area (Å²) in [5.74, 6) is 2.34. The Bertz CT molecular complexity index is 809. The number of nitrogens with zero attached hydrogens (tertiary/aromatic N) is 1. The van der Waals surface area contributed by atoms with Crippen molar-refractivity contribution in [1.82, 2.24) is 10.2 Å². The molecule has 0 fully saturated rings. The van der Waals surface area contributed by atoms with Gasteiger partial charge >= 0.3 is 0 Å². The van der Waals surface area contributed by atoms with Crippen LogP contribution in [0.5, 0.6) is 17.2 Å². The number of aryl methyl sites for hydroxylation is 1. The molecule has 1 aliphatic rings. The lowest BCUT2D eigenvalue weighted by molar-refractivity contribution is -0.122. The number of ether oxygens (including phenoxy) is 3. The number of para-hydroxylation sites is 1. The number of benzene rings is 2. The predicted octanol–water partition coefficient (Wildman–Crippen LogP) is 2.95. The molecule has 1 amide bonds. The van der Waals surface area contributed by atoms with Crippen LogP contribution in [0, 0.1) is 6.92 Å². The first-order chi connectivity index (χ1) is 13.5. The van der Waals surface area contributed by atoms with Gasteiger partial charge in [-0.2, -0.15) is 0 Å². The average molecular weight is 384 g/mol. The van der Waals surface area contributed by atoms with E-state index in [9.17, 15) is 4.79 Å². The minimum atomic E-state index is -0.111. The van der Waals surface area contributed by atoms with Gasteiger partial charge in [0.15, 0.2) is 11.5 Å². The monoisotopic (exact) mass is 384 g/mol. The van der Waals surface area contributed by atoms with Gasteiger partial charge in [0.25, 0.3) is 0 Å². The Hall–Kier alpha value is -2.73. The average Bonchev–Trinajstić information content (AvgIpc) is 2.69. The van der Waals surface area contributed by atoms with Crippen LogP contribution in [0.1, 0.15) is 24.1 Å². The highest BCUT2D eigenvalue weighted by Gasteiger charge is 2.16. The fourth-order valence-corrected chi connectivity index (χ4v) is 3.05. The summed E-state index contributed by atoms with van der Waals surface area (Å²) in [6.45, 7) is 6.61. The molecule has 150 valence electrons. The highest BCUT2D eigenvalue weighted by atomic mass is 16.6. The minimum Gasteiger partial charge on any atom is -0.492 e. The van der Waals surface area contributed by atoms with Gasteiger partial charge in [-0.3, -0.25) is 9.69 Å². The van der Waals surface area contributed by atoms with E-state index in [0.717, 1.165) is 28.4 Å². The van der Waals surface area contributed by atoms with Crippen molar-refractivity contribution in [3.05, 3.63) is 53.6 Å². The van der Waals surface area contributed by atoms with E-state index >= 15 is 0 Å². The van der Waals surface area contributed by atoms with Gasteiger partial charge < -0.3 is 19.5 Å². The molecule has 0 bridgehead atoms. The van der Waals surface area contributed by atoms with Crippen LogP contribution in [-0.2, 0) is 4.79 Å². The van der Waals surface area contributed by atoms with E-state index in [-0.39, 0.29) is 11.9 Å². The van der Waals surface area contributed by atoms with Crippen molar-refractivity contribution >= 4 is 5.91 Å². The van der Waals surface area contributed by atoms with Crippen LogP contribution in [0.3, 0.4) is 0 Å². The number of hydrogen-bond acceptors (Lipinski definition) is 5. The van der Waals surface area contributed by atoms with Crippen LogP contribution in [0.4, 0.5) is 0 Å². The fourth-order valence-electron chi connectivity index (χ4n) is 3.05. The number of fused-ring (bicyclic) bond motifs is 1. The Morgan fingerprint density at radius 2 is 1.93 bits per heavy atom.